The van der Waals surface area contributed by atoms with Gasteiger partial charge in [-0.2, -0.15) is 0 Å². The van der Waals surface area contributed by atoms with E-state index in [4.69, 9.17) is 7.98 Å². The lowest BCUT2D eigenvalue weighted by Crippen LogP contribution is -2.24. The number of hydrogen-bond acceptors (Lipinski definition) is 1. The smallest absolute Gasteiger partial charge is 0.178 e. The van der Waals surface area contributed by atoms with Crippen LogP contribution in [0.1, 0.15) is 31.7 Å². The number of rotatable bonds is 4. The predicted molar refractivity (Wildman–Crippen MR) is 57.8 cm³/mol. The molecule has 0 fully saturated rings. The van der Waals surface area contributed by atoms with Gasteiger partial charge in [-0.3, -0.25) is 0 Å². The van der Waals surface area contributed by atoms with Gasteiger partial charge in [-0.25, -0.2) is 0 Å². The summed E-state index contributed by atoms with van der Waals surface area (Å²) >= 11 is 0. The van der Waals surface area contributed by atoms with Crippen LogP contribution in [-0.4, -0.2) is 14.0 Å². The van der Waals surface area contributed by atoms with Gasteiger partial charge in [0.2, 0.25) is 0 Å². The SMILES string of the molecule is [B]NC(C)CC(C)c1ccccc1. The van der Waals surface area contributed by atoms with Gasteiger partial charge in [-0.05, 0) is 23.9 Å². The van der Waals surface area contributed by atoms with Crippen LogP contribution in [0.4, 0.5) is 0 Å². The average Bonchev–Trinajstić information content (AvgIpc) is 2.19. The molecular formula is C11H16BN. The van der Waals surface area contributed by atoms with Crippen molar-refractivity contribution in [3.63, 3.8) is 0 Å². The normalized spacial score (nSPS) is 15.2. The van der Waals surface area contributed by atoms with Gasteiger partial charge in [-0.15, -0.1) is 0 Å². The first-order valence-corrected chi connectivity index (χ1v) is 4.75. The lowest BCUT2D eigenvalue weighted by atomic mass is 9.94. The minimum atomic E-state index is 0.371. The van der Waals surface area contributed by atoms with Crippen LogP contribution in [0.3, 0.4) is 0 Å². The van der Waals surface area contributed by atoms with Crippen molar-refractivity contribution in [3.05, 3.63) is 35.9 Å². The Morgan fingerprint density at radius 2 is 1.85 bits per heavy atom. The molecule has 0 aromatic heterocycles. The molecule has 2 heteroatoms. The Bertz CT molecular complexity index is 235. The number of benzene rings is 1. The Morgan fingerprint density at radius 1 is 1.23 bits per heavy atom. The topological polar surface area (TPSA) is 12.0 Å². The van der Waals surface area contributed by atoms with Crippen molar-refractivity contribution < 1.29 is 0 Å². The van der Waals surface area contributed by atoms with Crippen LogP contribution in [0.5, 0.6) is 0 Å². The minimum Gasteiger partial charge on any atom is -0.364 e. The summed E-state index contributed by atoms with van der Waals surface area (Å²) in [6.07, 6.45) is 1.07. The Hall–Kier alpha value is -0.755. The highest BCUT2D eigenvalue weighted by molar-refractivity contribution is 6.04. The Kier molecular flexibility index (Phi) is 4.03. The lowest BCUT2D eigenvalue weighted by Gasteiger charge is -2.17. The predicted octanol–water partition coefficient (Wildman–Crippen LogP) is 2.24. The maximum atomic E-state index is 5.35. The van der Waals surface area contributed by atoms with E-state index in [-0.39, 0.29) is 0 Å². The summed E-state index contributed by atoms with van der Waals surface area (Å²) in [5, 5.41) is 2.77. The van der Waals surface area contributed by atoms with Crippen LogP contribution in [0.2, 0.25) is 0 Å². The van der Waals surface area contributed by atoms with Crippen molar-refractivity contribution >= 4 is 7.98 Å². The fraction of sp³-hybridized carbons (Fsp3) is 0.455. The third-order valence-electron chi connectivity index (χ3n) is 2.36. The third kappa shape index (κ3) is 3.23. The van der Waals surface area contributed by atoms with E-state index in [2.05, 4.69) is 43.3 Å². The van der Waals surface area contributed by atoms with Crippen LogP contribution in [-0.2, 0) is 0 Å². The highest BCUT2D eigenvalue weighted by Gasteiger charge is 2.07. The van der Waals surface area contributed by atoms with E-state index in [1.54, 1.807) is 0 Å². The molecule has 68 valence electrons. The van der Waals surface area contributed by atoms with E-state index >= 15 is 0 Å². The second-order valence-electron chi connectivity index (χ2n) is 3.62. The molecule has 1 N–H and O–H groups in total. The van der Waals surface area contributed by atoms with Gasteiger partial charge >= 0.3 is 0 Å². The maximum absolute atomic E-state index is 5.35. The van der Waals surface area contributed by atoms with Crippen molar-refractivity contribution in [1.29, 1.82) is 0 Å². The van der Waals surface area contributed by atoms with Gasteiger partial charge in [-0.1, -0.05) is 44.2 Å². The molecule has 2 radical (unpaired) electrons. The van der Waals surface area contributed by atoms with Gasteiger partial charge in [0.1, 0.15) is 0 Å². The van der Waals surface area contributed by atoms with E-state index in [1.807, 2.05) is 6.07 Å². The van der Waals surface area contributed by atoms with Crippen molar-refractivity contribution in [2.75, 3.05) is 0 Å². The average molecular weight is 173 g/mol. The monoisotopic (exact) mass is 173 g/mol. The minimum absolute atomic E-state index is 0.371. The molecular weight excluding hydrogens is 157 g/mol. The van der Waals surface area contributed by atoms with Crippen molar-refractivity contribution in [1.82, 2.24) is 5.23 Å². The molecule has 1 rings (SSSR count). The molecule has 0 heterocycles. The van der Waals surface area contributed by atoms with Crippen LogP contribution < -0.4 is 5.23 Å². The Balaban J connectivity index is 2.53. The molecule has 2 unspecified atom stereocenters. The Labute approximate surface area is 82.0 Å². The number of nitrogens with one attached hydrogen (secondary N) is 1. The van der Waals surface area contributed by atoms with E-state index < -0.39 is 0 Å². The van der Waals surface area contributed by atoms with Gasteiger partial charge in [0.15, 0.2) is 7.98 Å². The molecule has 0 aliphatic carbocycles. The second-order valence-corrected chi connectivity index (χ2v) is 3.62. The summed E-state index contributed by atoms with van der Waals surface area (Å²) < 4.78 is 0. The maximum Gasteiger partial charge on any atom is 0.178 e. The zero-order valence-corrected chi connectivity index (χ0v) is 8.33. The molecule has 1 aromatic carbocycles. The van der Waals surface area contributed by atoms with Crippen LogP contribution in [0.25, 0.3) is 0 Å². The molecule has 1 nitrogen and oxygen atoms in total. The molecule has 0 aliphatic heterocycles. The first kappa shape index (κ1) is 10.3. The molecule has 0 bridgehead atoms. The Morgan fingerprint density at radius 3 is 2.38 bits per heavy atom. The lowest BCUT2D eigenvalue weighted by molar-refractivity contribution is 0.556. The summed E-state index contributed by atoms with van der Waals surface area (Å²) in [7, 11) is 5.35. The summed E-state index contributed by atoms with van der Waals surface area (Å²) in [5.41, 5.74) is 1.38. The summed E-state index contributed by atoms with van der Waals surface area (Å²) in [6.45, 7) is 4.32. The highest BCUT2D eigenvalue weighted by atomic mass is 14.8. The third-order valence-corrected chi connectivity index (χ3v) is 2.36. The van der Waals surface area contributed by atoms with Gasteiger partial charge in [0.25, 0.3) is 0 Å². The molecule has 0 spiro atoms. The van der Waals surface area contributed by atoms with E-state index in [0.717, 1.165) is 6.42 Å². The molecule has 0 saturated heterocycles. The molecule has 2 atom stereocenters. The van der Waals surface area contributed by atoms with Crippen molar-refractivity contribution in [2.24, 2.45) is 0 Å². The quantitative estimate of drug-likeness (QED) is 0.688. The van der Waals surface area contributed by atoms with Crippen molar-refractivity contribution in [2.45, 2.75) is 32.2 Å². The highest BCUT2D eigenvalue weighted by Crippen LogP contribution is 2.19. The molecule has 13 heavy (non-hydrogen) atoms. The standard InChI is InChI=1S/C11H16BN/c1-9(8-10(2)13-12)11-6-4-3-5-7-11/h3-7,9-10,13H,8H2,1-2H3. The summed E-state index contributed by atoms with van der Waals surface area (Å²) in [4.78, 5) is 0. The van der Waals surface area contributed by atoms with Crippen LogP contribution in [0.15, 0.2) is 30.3 Å². The molecule has 0 amide bonds. The van der Waals surface area contributed by atoms with Gasteiger partial charge in [0.05, 0.1) is 0 Å². The zero-order chi connectivity index (χ0) is 9.68. The zero-order valence-electron chi connectivity index (χ0n) is 8.33. The molecule has 1 aromatic rings. The summed E-state index contributed by atoms with van der Waals surface area (Å²) in [6, 6.07) is 10.9. The van der Waals surface area contributed by atoms with Gasteiger partial charge < -0.3 is 5.23 Å². The first-order chi connectivity index (χ1) is 6.24. The second kappa shape index (κ2) is 5.08. The van der Waals surface area contributed by atoms with Gasteiger partial charge in [0, 0.05) is 0 Å². The van der Waals surface area contributed by atoms with Crippen LogP contribution in [0, 0.1) is 0 Å². The van der Waals surface area contributed by atoms with Crippen molar-refractivity contribution in [3.8, 4) is 0 Å². The van der Waals surface area contributed by atoms with E-state index in [0.29, 0.717) is 12.0 Å². The fourth-order valence-electron chi connectivity index (χ4n) is 1.52. The van der Waals surface area contributed by atoms with Crippen LogP contribution >= 0.6 is 0 Å². The van der Waals surface area contributed by atoms with E-state index in [1.165, 1.54) is 5.56 Å². The summed E-state index contributed by atoms with van der Waals surface area (Å²) in [5.74, 6) is 0.562. The largest absolute Gasteiger partial charge is 0.364 e. The molecule has 0 saturated carbocycles. The molecule has 0 aliphatic rings. The van der Waals surface area contributed by atoms with E-state index in [9.17, 15) is 0 Å². The fourth-order valence-corrected chi connectivity index (χ4v) is 1.52. The first-order valence-electron chi connectivity index (χ1n) is 4.75. The number of hydrogen-bond donors (Lipinski definition) is 1.